The largest absolute Gasteiger partial charge is 0.481 e. The van der Waals surface area contributed by atoms with Crippen LogP contribution in [0.1, 0.15) is 167 Å². The number of nitrogens with one attached hydrogen (secondary N) is 1. The van der Waals surface area contributed by atoms with E-state index in [4.69, 9.17) is 29.2 Å². The summed E-state index contributed by atoms with van der Waals surface area (Å²) in [5.41, 5.74) is 0. The van der Waals surface area contributed by atoms with Crippen LogP contribution in [0, 0.1) is 11.8 Å². The standard InChI is InChI=1S/C43H77NO13/c1-36(42(50)51)19-16-17-26-44-40(47)24-23-37(43(52)53)35-39(46)25-28-55-30-32-57-34-33-56-31-29-54-27-18-21-38(45)20-14-12-10-8-6-4-2-3-5-7-9-11-13-15-22-41(48)49/h36-37H,2-35H2,1H3,(H,44,47)(H,48,49)(H,50,51)(H,52,53)/t36-,37+/m0/s1. The summed E-state index contributed by atoms with van der Waals surface area (Å²) in [5.74, 6) is -4.26. The summed E-state index contributed by atoms with van der Waals surface area (Å²) in [7, 11) is 0. The highest BCUT2D eigenvalue weighted by Crippen LogP contribution is 2.16. The number of ketones is 2. The maximum Gasteiger partial charge on any atom is 0.306 e. The van der Waals surface area contributed by atoms with Crippen LogP contribution in [-0.2, 0) is 47.7 Å². The molecule has 2 atom stereocenters. The van der Waals surface area contributed by atoms with Crippen molar-refractivity contribution >= 4 is 35.4 Å². The summed E-state index contributed by atoms with van der Waals surface area (Å²) in [6, 6.07) is 0. The van der Waals surface area contributed by atoms with E-state index in [1.54, 1.807) is 6.92 Å². The topological polar surface area (TPSA) is 212 Å². The zero-order valence-electron chi connectivity index (χ0n) is 35.1. The van der Waals surface area contributed by atoms with Gasteiger partial charge in [0.2, 0.25) is 5.91 Å². The lowest BCUT2D eigenvalue weighted by Gasteiger charge is -2.12. The smallest absolute Gasteiger partial charge is 0.306 e. The fourth-order valence-corrected chi connectivity index (χ4v) is 6.17. The van der Waals surface area contributed by atoms with Crippen LogP contribution in [0.2, 0.25) is 0 Å². The summed E-state index contributed by atoms with van der Waals surface area (Å²) >= 11 is 0. The minimum atomic E-state index is -1.12. The van der Waals surface area contributed by atoms with Crippen LogP contribution < -0.4 is 5.32 Å². The second-order valence-corrected chi connectivity index (χ2v) is 15.1. The first-order valence-electron chi connectivity index (χ1n) is 21.8. The molecular formula is C43H77NO13. The van der Waals surface area contributed by atoms with E-state index in [0.29, 0.717) is 90.5 Å². The summed E-state index contributed by atoms with van der Waals surface area (Å²) in [6.45, 7) is 5.01. The Hall–Kier alpha value is -2.94. The Labute approximate surface area is 341 Å². The van der Waals surface area contributed by atoms with Crippen LogP contribution in [-0.4, -0.2) is 110 Å². The highest BCUT2D eigenvalue weighted by atomic mass is 16.6. The molecule has 0 saturated heterocycles. The van der Waals surface area contributed by atoms with Gasteiger partial charge in [0.1, 0.15) is 11.6 Å². The molecule has 0 aromatic carbocycles. The molecule has 0 spiro atoms. The van der Waals surface area contributed by atoms with Crippen molar-refractivity contribution in [1.29, 1.82) is 0 Å². The van der Waals surface area contributed by atoms with Crippen LogP contribution in [0.15, 0.2) is 0 Å². The van der Waals surface area contributed by atoms with Gasteiger partial charge in [-0.15, -0.1) is 0 Å². The Bertz CT molecular complexity index is 1050. The molecule has 4 N–H and O–H groups in total. The summed E-state index contributed by atoms with van der Waals surface area (Å²) in [5, 5.41) is 29.7. The molecule has 0 heterocycles. The van der Waals surface area contributed by atoms with Crippen LogP contribution in [0.3, 0.4) is 0 Å². The van der Waals surface area contributed by atoms with Gasteiger partial charge in [-0.05, 0) is 38.5 Å². The lowest BCUT2D eigenvalue weighted by Crippen LogP contribution is -2.27. The molecule has 0 aromatic heterocycles. The van der Waals surface area contributed by atoms with Crippen molar-refractivity contribution in [2.45, 2.75) is 167 Å². The quantitative estimate of drug-likeness (QED) is 0.0438. The minimum Gasteiger partial charge on any atom is -0.481 e. The van der Waals surface area contributed by atoms with E-state index in [1.165, 1.54) is 57.8 Å². The second kappa shape index (κ2) is 39.9. The first-order valence-corrected chi connectivity index (χ1v) is 21.8. The van der Waals surface area contributed by atoms with Gasteiger partial charge in [-0.3, -0.25) is 28.8 Å². The Morgan fingerprint density at radius 2 is 0.895 bits per heavy atom. The first-order chi connectivity index (χ1) is 27.5. The molecule has 0 aliphatic heterocycles. The SMILES string of the molecule is C[C@@H](CCCCNC(=O)CC[C@H](CC(=O)CCOCCOCCOCCOCCCC(=O)CCCCCCCCCCCCCCCCC(=O)O)C(=O)O)C(=O)O. The molecule has 1 amide bonds. The number of carboxylic acid groups (broad SMARTS) is 3. The fourth-order valence-electron chi connectivity index (χ4n) is 6.17. The first kappa shape index (κ1) is 54.1. The van der Waals surface area contributed by atoms with Gasteiger partial charge in [0.05, 0.1) is 58.1 Å². The molecule has 14 nitrogen and oxygen atoms in total. The monoisotopic (exact) mass is 816 g/mol. The van der Waals surface area contributed by atoms with E-state index in [2.05, 4.69) is 5.32 Å². The zero-order chi connectivity index (χ0) is 42.2. The maximum absolute atomic E-state index is 12.3. The van der Waals surface area contributed by atoms with Gasteiger partial charge in [-0.25, -0.2) is 0 Å². The molecule has 57 heavy (non-hydrogen) atoms. The predicted octanol–water partition coefficient (Wildman–Crippen LogP) is 7.57. The molecule has 0 aliphatic carbocycles. The number of carbonyl (C=O) groups excluding carboxylic acids is 3. The number of Topliss-reactive ketones (excluding diaryl/α,β-unsaturated/α-hetero) is 2. The Balaban J connectivity index is 3.50. The average molecular weight is 816 g/mol. The van der Waals surface area contributed by atoms with Gasteiger partial charge in [0, 0.05) is 51.7 Å². The van der Waals surface area contributed by atoms with Crippen molar-refractivity contribution in [2.75, 3.05) is 59.4 Å². The zero-order valence-corrected chi connectivity index (χ0v) is 35.1. The summed E-state index contributed by atoms with van der Waals surface area (Å²) in [4.78, 5) is 69.4. The number of amides is 1. The van der Waals surface area contributed by atoms with Crippen LogP contribution in [0.25, 0.3) is 0 Å². The van der Waals surface area contributed by atoms with E-state index in [-0.39, 0.29) is 50.6 Å². The van der Waals surface area contributed by atoms with Crippen molar-refractivity contribution in [3.8, 4) is 0 Å². The van der Waals surface area contributed by atoms with E-state index >= 15 is 0 Å². The Morgan fingerprint density at radius 1 is 0.439 bits per heavy atom. The van der Waals surface area contributed by atoms with Crippen molar-refractivity contribution in [2.24, 2.45) is 11.8 Å². The summed E-state index contributed by atoms with van der Waals surface area (Å²) in [6.07, 6.45) is 20.4. The number of ether oxygens (including phenoxy) is 4. The van der Waals surface area contributed by atoms with E-state index < -0.39 is 29.7 Å². The lowest BCUT2D eigenvalue weighted by atomic mass is 9.96. The maximum atomic E-state index is 12.3. The molecule has 0 aromatic rings. The summed E-state index contributed by atoms with van der Waals surface area (Å²) < 4.78 is 21.9. The van der Waals surface area contributed by atoms with Gasteiger partial charge in [-0.2, -0.15) is 0 Å². The predicted molar refractivity (Wildman–Crippen MR) is 217 cm³/mol. The van der Waals surface area contributed by atoms with Gasteiger partial charge in [0.25, 0.3) is 0 Å². The van der Waals surface area contributed by atoms with Crippen molar-refractivity contribution in [3.63, 3.8) is 0 Å². The second-order valence-electron chi connectivity index (χ2n) is 15.1. The van der Waals surface area contributed by atoms with Crippen LogP contribution >= 0.6 is 0 Å². The fraction of sp³-hybridized carbons (Fsp3) is 0.860. The number of carbonyl (C=O) groups is 6. The molecule has 0 bridgehead atoms. The van der Waals surface area contributed by atoms with Gasteiger partial charge < -0.3 is 39.6 Å². The van der Waals surface area contributed by atoms with Crippen molar-refractivity contribution in [1.82, 2.24) is 5.32 Å². The highest BCUT2D eigenvalue weighted by Gasteiger charge is 2.22. The normalized spacial score (nSPS) is 12.3. The highest BCUT2D eigenvalue weighted by molar-refractivity contribution is 5.84. The molecule has 0 aliphatic rings. The number of unbranched alkanes of at least 4 members (excludes halogenated alkanes) is 14. The van der Waals surface area contributed by atoms with Crippen molar-refractivity contribution < 1.29 is 63.0 Å². The minimum absolute atomic E-state index is 0.00419. The number of carboxylic acids is 3. The van der Waals surface area contributed by atoms with Crippen LogP contribution in [0.4, 0.5) is 0 Å². The number of hydrogen-bond acceptors (Lipinski definition) is 10. The molecule has 0 rings (SSSR count). The molecule has 0 unspecified atom stereocenters. The van der Waals surface area contributed by atoms with Crippen molar-refractivity contribution in [3.05, 3.63) is 0 Å². The molecule has 0 saturated carbocycles. The third-order valence-corrected chi connectivity index (χ3v) is 9.83. The van der Waals surface area contributed by atoms with Gasteiger partial charge in [0.15, 0.2) is 0 Å². The molecule has 14 heteroatoms. The van der Waals surface area contributed by atoms with E-state index in [0.717, 1.165) is 38.5 Å². The Morgan fingerprint density at radius 3 is 1.39 bits per heavy atom. The number of hydrogen-bond donors (Lipinski definition) is 4. The Kier molecular flexibility index (Phi) is 37.8. The van der Waals surface area contributed by atoms with Gasteiger partial charge in [-0.1, -0.05) is 90.4 Å². The number of rotatable bonds is 45. The molecular weight excluding hydrogens is 738 g/mol. The molecule has 0 radical (unpaired) electrons. The third-order valence-electron chi connectivity index (χ3n) is 9.83. The third kappa shape index (κ3) is 39.7. The van der Waals surface area contributed by atoms with Gasteiger partial charge >= 0.3 is 17.9 Å². The average Bonchev–Trinajstić information content (AvgIpc) is 3.17. The molecule has 0 fully saturated rings. The molecule has 332 valence electrons. The van der Waals surface area contributed by atoms with Crippen LogP contribution in [0.5, 0.6) is 0 Å². The number of aliphatic carboxylic acids is 3. The van der Waals surface area contributed by atoms with E-state index in [1.807, 2.05) is 0 Å². The van der Waals surface area contributed by atoms with E-state index in [9.17, 15) is 33.9 Å². The lowest BCUT2D eigenvalue weighted by molar-refractivity contribution is -0.144.